The summed E-state index contributed by atoms with van der Waals surface area (Å²) in [5.74, 6) is -0.668. The molecular formula is C25H25FN4O3S. The number of aromatic nitrogens is 2. The molecule has 1 aliphatic carbocycles. The van der Waals surface area contributed by atoms with E-state index in [1.54, 1.807) is 30.3 Å². The fourth-order valence-corrected chi connectivity index (χ4v) is 5.13. The van der Waals surface area contributed by atoms with Gasteiger partial charge in [0.15, 0.2) is 0 Å². The molecule has 2 aromatic carbocycles. The Labute approximate surface area is 198 Å². The van der Waals surface area contributed by atoms with Crippen LogP contribution in [0.2, 0.25) is 0 Å². The van der Waals surface area contributed by atoms with Crippen LogP contribution in [0.4, 0.5) is 10.1 Å². The molecule has 0 radical (unpaired) electrons. The maximum atomic E-state index is 15.2. The van der Waals surface area contributed by atoms with Gasteiger partial charge < -0.3 is 15.2 Å². The van der Waals surface area contributed by atoms with Crippen LogP contribution in [0.3, 0.4) is 0 Å². The van der Waals surface area contributed by atoms with Gasteiger partial charge in [-0.25, -0.2) is 4.39 Å². The molecule has 34 heavy (non-hydrogen) atoms. The van der Waals surface area contributed by atoms with Crippen LogP contribution in [0.1, 0.15) is 38.6 Å². The Hall–Kier alpha value is -3.30. The quantitative estimate of drug-likeness (QED) is 0.326. The number of hydrogen-bond acceptors (Lipinski definition) is 5. The molecule has 176 valence electrons. The van der Waals surface area contributed by atoms with E-state index in [2.05, 4.69) is 21.9 Å². The number of pyridine rings is 1. The zero-order chi connectivity index (χ0) is 23.8. The summed E-state index contributed by atoms with van der Waals surface area (Å²) in [6, 6.07) is 10.1. The van der Waals surface area contributed by atoms with Gasteiger partial charge in [0.1, 0.15) is 16.0 Å². The van der Waals surface area contributed by atoms with Crippen molar-refractivity contribution in [3.63, 3.8) is 0 Å². The summed E-state index contributed by atoms with van der Waals surface area (Å²) in [5.41, 5.74) is 1.38. The maximum Gasteiger partial charge on any atom is 0.271 e. The second-order valence-corrected chi connectivity index (χ2v) is 9.44. The van der Waals surface area contributed by atoms with Gasteiger partial charge in [-0.3, -0.25) is 18.8 Å². The molecule has 0 aliphatic heterocycles. The number of nitrogens with zero attached hydrogens (tertiary/aromatic N) is 1. The molecule has 4 aromatic rings. The number of carbonyl (C=O) groups excluding carboxylic acids is 1. The number of nitrogens with one attached hydrogen (secondary N) is 3. The first-order chi connectivity index (χ1) is 16.5. The average Bonchev–Trinajstić information content (AvgIpc) is 3.59. The van der Waals surface area contributed by atoms with E-state index < -0.39 is 16.8 Å². The molecule has 0 spiro atoms. The summed E-state index contributed by atoms with van der Waals surface area (Å²) < 4.78 is 19.8. The monoisotopic (exact) mass is 480 g/mol. The number of H-pyrrole nitrogens is 1. The standard InChI is InChI=1S/C25H25FN4O3S/c1-2-3-10-27-13-21(31)28-15-6-4-14(5-7-15)17-12-20-18(11-19(17)26)23(32)22-24(33)29-34-25(22)30(20)16-8-9-16/h4-7,11-12,16,27H,2-3,8-10,13H2,1H3,(H,28,31)(H,29,33). The summed E-state index contributed by atoms with van der Waals surface area (Å²) >= 11 is 1.15. The lowest BCUT2D eigenvalue weighted by atomic mass is 10.0. The molecular weight excluding hydrogens is 455 g/mol. The van der Waals surface area contributed by atoms with Crippen molar-refractivity contribution in [3.8, 4) is 11.1 Å². The lowest BCUT2D eigenvalue weighted by Crippen LogP contribution is -2.28. The number of amides is 1. The first-order valence-electron chi connectivity index (χ1n) is 11.5. The number of aromatic amines is 1. The Morgan fingerprint density at radius 3 is 2.68 bits per heavy atom. The molecule has 0 saturated heterocycles. The predicted octanol–water partition coefficient (Wildman–Crippen LogP) is 4.37. The van der Waals surface area contributed by atoms with E-state index in [4.69, 9.17) is 0 Å². The summed E-state index contributed by atoms with van der Waals surface area (Å²) in [5, 5.41) is 6.24. The third-order valence-corrected chi connectivity index (χ3v) is 6.98. The number of halogens is 1. The Morgan fingerprint density at radius 1 is 1.21 bits per heavy atom. The van der Waals surface area contributed by atoms with Crippen molar-refractivity contribution in [1.29, 1.82) is 0 Å². The van der Waals surface area contributed by atoms with Gasteiger partial charge in [-0.2, -0.15) is 0 Å². The molecule has 1 saturated carbocycles. The maximum absolute atomic E-state index is 15.2. The van der Waals surface area contributed by atoms with E-state index in [-0.39, 0.29) is 29.3 Å². The molecule has 1 fully saturated rings. The fourth-order valence-electron chi connectivity index (χ4n) is 4.21. The largest absolute Gasteiger partial charge is 0.328 e. The van der Waals surface area contributed by atoms with Crippen molar-refractivity contribution in [2.75, 3.05) is 18.4 Å². The van der Waals surface area contributed by atoms with Crippen molar-refractivity contribution in [2.45, 2.75) is 38.6 Å². The van der Waals surface area contributed by atoms with Crippen LogP contribution in [-0.2, 0) is 4.79 Å². The Bertz CT molecular complexity index is 1500. The Kier molecular flexibility index (Phi) is 6.05. The normalized spacial score (nSPS) is 13.6. The zero-order valence-corrected chi connectivity index (χ0v) is 19.6. The topological polar surface area (TPSA) is 96.0 Å². The SMILES string of the molecule is CCCCNCC(=O)Nc1ccc(-c2cc3c(cc2F)c(=O)c2c(=O)[nH]sc2n3C2CC2)cc1. The molecule has 3 N–H and O–H groups in total. The lowest BCUT2D eigenvalue weighted by molar-refractivity contribution is -0.115. The molecule has 2 heterocycles. The molecule has 5 rings (SSSR count). The highest BCUT2D eigenvalue weighted by Crippen LogP contribution is 2.40. The number of fused-ring (bicyclic) bond motifs is 2. The summed E-state index contributed by atoms with van der Waals surface area (Å²) in [6.07, 6.45) is 3.98. The van der Waals surface area contributed by atoms with Crippen LogP contribution in [0, 0.1) is 5.82 Å². The first-order valence-corrected chi connectivity index (χ1v) is 12.3. The van der Waals surface area contributed by atoms with E-state index in [0.29, 0.717) is 27.2 Å². The van der Waals surface area contributed by atoms with Crippen molar-refractivity contribution in [1.82, 2.24) is 14.3 Å². The number of unbranched alkanes of at least 4 members (excludes halogenated alkanes) is 1. The number of hydrogen-bond donors (Lipinski definition) is 3. The van der Waals surface area contributed by atoms with Gasteiger partial charge in [0.05, 0.1) is 12.1 Å². The minimum absolute atomic E-state index is 0.0980. The average molecular weight is 481 g/mol. The third-order valence-electron chi connectivity index (χ3n) is 6.10. The van der Waals surface area contributed by atoms with E-state index in [1.807, 2.05) is 4.57 Å². The molecule has 1 amide bonds. The van der Waals surface area contributed by atoms with Crippen molar-refractivity contribution >= 4 is 44.2 Å². The second kappa shape index (κ2) is 9.15. The minimum atomic E-state index is -0.533. The summed E-state index contributed by atoms with van der Waals surface area (Å²) in [6.45, 7) is 3.12. The fraction of sp³-hybridized carbons (Fsp3) is 0.320. The van der Waals surface area contributed by atoms with Crippen molar-refractivity contribution in [2.24, 2.45) is 0 Å². The minimum Gasteiger partial charge on any atom is -0.328 e. The van der Waals surface area contributed by atoms with Crippen LogP contribution in [0.15, 0.2) is 46.0 Å². The van der Waals surface area contributed by atoms with Crippen molar-refractivity contribution in [3.05, 3.63) is 62.8 Å². The highest BCUT2D eigenvalue weighted by atomic mass is 32.1. The first kappa shape index (κ1) is 22.5. The molecule has 0 unspecified atom stereocenters. The molecule has 0 atom stereocenters. The number of anilines is 1. The number of benzene rings is 2. The van der Waals surface area contributed by atoms with Crippen LogP contribution in [0.5, 0.6) is 0 Å². The highest BCUT2D eigenvalue weighted by Gasteiger charge is 2.29. The van der Waals surface area contributed by atoms with Gasteiger partial charge in [-0.05, 0) is 67.2 Å². The summed E-state index contributed by atoms with van der Waals surface area (Å²) in [4.78, 5) is 37.9. The van der Waals surface area contributed by atoms with Gasteiger partial charge in [0.2, 0.25) is 11.3 Å². The van der Waals surface area contributed by atoms with Gasteiger partial charge in [0.25, 0.3) is 5.56 Å². The van der Waals surface area contributed by atoms with Gasteiger partial charge in [-0.1, -0.05) is 25.5 Å². The molecule has 2 aromatic heterocycles. The van der Waals surface area contributed by atoms with E-state index in [0.717, 1.165) is 43.8 Å². The second-order valence-electron chi connectivity index (χ2n) is 8.65. The third kappa shape index (κ3) is 4.17. The van der Waals surface area contributed by atoms with Crippen LogP contribution in [-0.4, -0.2) is 27.9 Å². The Balaban J connectivity index is 1.48. The summed E-state index contributed by atoms with van der Waals surface area (Å²) in [7, 11) is 0. The molecule has 7 nitrogen and oxygen atoms in total. The zero-order valence-electron chi connectivity index (χ0n) is 18.7. The molecule has 0 bridgehead atoms. The molecule has 1 aliphatic rings. The van der Waals surface area contributed by atoms with E-state index in [9.17, 15) is 14.4 Å². The van der Waals surface area contributed by atoms with Crippen LogP contribution in [0.25, 0.3) is 32.2 Å². The smallest absolute Gasteiger partial charge is 0.271 e. The van der Waals surface area contributed by atoms with Gasteiger partial charge >= 0.3 is 0 Å². The van der Waals surface area contributed by atoms with E-state index >= 15 is 4.39 Å². The highest BCUT2D eigenvalue weighted by molar-refractivity contribution is 7.12. The van der Waals surface area contributed by atoms with E-state index in [1.165, 1.54) is 6.07 Å². The van der Waals surface area contributed by atoms with Crippen LogP contribution < -0.4 is 21.6 Å². The number of carbonyl (C=O) groups is 1. The van der Waals surface area contributed by atoms with Gasteiger partial charge in [0, 0.05) is 22.7 Å². The molecule has 9 heteroatoms. The number of rotatable bonds is 8. The Morgan fingerprint density at radius 2 is 1.97 bits per heavy atom. The van der Waals surface area contributed by atoms with Crippen molar-refractivity contribution < 1.29 is 9.18 Å². The predicted molar refractivity (Wildman–Crippen MR) is 134 cm³/mol. The van der Waals surface area contributed by atoms with Crippen LogP contribution >= 0.6 is 11.5 Å². The van der Waals surface area contributed by atoms with Gasteiger partial charge in [-0.15, -0.1) is 0 Å². The lowest BCUT2D eigenvalue weighted by Gasteiger charge is -2.14.